The number of aliphatic hydroxyl groups is 1. The van der Waals surface area contributed by atoms with Crippen molar-refractivity contribution in [2.75, 3.05) is 19.7 Å². The summed E-state index contributed by atoms with van der Waals surface area (Å²) < 4.78 is 12.2. The highest BCUT2D eigenvalue weighted by atomic mass is 16.5. The molecule has 0 spiro atoms. The molecule has 1 fully saturated rings. The number of benzene rings is 2. The van der Waals surface area contributed by atoms with E-state index < -0.39 is 0 Å². The minimum absolute atomic E-state index is 0.244. The number of aliphatic hydroxyl groups excluding tert-OH is 1. The second-order valence-corrected chi connectivity index (χ2v) is 9.23. The van der Waals surface area contributed by atoms with Crippen LogP contribution in [0.2, 0.25) is 0 Å². The van der Waals surface area contributed by atoms with Gasteiger partial charge in [0.1, 0.15) is 13.2 Å². The smallest absolute Gasteiger partial charge is 0.224 e. The van der Waals surface area contributed by atoms with Gasteiger partial charge in [0.25, 0.3) is 0 Å². The van der Waals surface area contributed by atoms with Crippen LogP contribution in [0.4, 0.5) is 0 Å². The van der Waals surface area contributed by atoms with Gasteiger partial charge in [-0.25, -0.2) is 0 Å². The molecule has 0 bridgehead atoms. The zero-order valence-corrected chi connectivity index (χ0v) is 21.4. The second-order valence-electron chi connectivity index (χ2n) is 9.23. The minimum Gasteiger partial charge on any atom is -0.473 e. The van der Waals surface area contributed by atoms with E-state index in [2.05, 4.69) is 22.7 Å². The van der Waals surface area contributed by atoms with E-state index >= 15 is 0 Å². The van der Waals surface area contributed by atoms with Crippen LogP contribution in [0, 0.1) is 5.92 Å². The Kier molecular flexibility index (Phi) is 9.49. The molecule has 2 aromatic carbocycles. The molecule has 6 nitrogen and oxygen atoms in total. The Hall–Kier alpha value is -3.90. The van der Waals surface area contributed by atoms with Crippen LogP contribution in [0.5, 0.6) is 11.8 Å². The molecular formula is C31H35N3O3. The number of hydrogen-bond donors (Lipinski definition) is 1. The van der Waals surface area contributed by atoms with Crippen LogP contribution in [-0.4, -0.2) is 41.4 Å². The van der Waals surface area contributed by atoms with Gasteiger partial charge in [-0.2, -0.15) is 4.98 Å². The summed E-state index contributed by atoms with van der Waals surface area (Å²) in [7, 11) is 0. The van der Waals surface area contributed by atoms with E-state index in [1.807, 2.05) is 79.7 Å². The Morgan fingerprint density at radius 1 is 0.973 bits per heavy atom. The van der Waals surface area contributed by atoms with Crippen molar-refractivity contribution in [1.29, 1.82) is 0 Å². The molecule has 192 valence electrons. The molecule has 0 atom stereocenters. The Morgan fingerprint density at radius 3 is 2.19 bits per heavy atom. The fourth-order valence-corrected chi connectivity index (χ4v) is 4.35. The number of ether oxygens (including phenoxy) is 2. The molecule has 6 heteroatoms. The van der Waals surface area contributed by atoms with Crippen molar-refractivity contribution in [3.05, 3.63) is 107 Å². The number of pyridine rings is 1. The lowest BCUT2D eigenvalue weighted by molar-refractivity contribution is 0.153. The van der Waals surface area contributed by atoms with Crippen molar-refractivity contribution in [3.8, 4) is 11.8 Å². The van der Waals surface area contributed by atoms with Gasteiger partial charge in [0.2, 0.25) is 11.8 Å². The van der Waals surface area contributed by atoms with E-state index in [9.17, 15) is 5.11 Å². The number of nitrogens with zero attached hydrogens (tertiary/aromatic N) is 3. The molecule has 0 unspecified atom stereocenters. The topological polar surface area (TPSA) is 67.2 Å². The van der Waals surface area contributed by atoms with Crippen LogP contribution in [0.3, 0.4) is 0 Å². The van der Waals surface area contributed by atoms with E-state index in [1.165, 1.54) is 0 Å². The van der Waals surface area contributed by atoms with Gasteiger partial charge in [-0.05, 0) is 61.2 Å². The fourth-order valence-electron chi connectivity index (χ4n) is 4.35. The molecule has 4 rings (SSSR count). The summed E-state index contributed by atoms with van der Waals surface area (Å²) in [6.07, 6.45) is 5.81. The number of piperidine rings is 1. The van der Waals surface area contributed by atoms with Crippen molar-refractivity contribution in [2.24, 2.45) is 10.9 Å². The van der Waals surface area contributed by atoms with E-state index in [0.717, 1.165) is 53.9 Å². The standard InChI is InChI=1S/C31H35N3O3/c1-24(19-28(20-32-2)34-17-15-25(21-35)16-18-34)29-13-14-30(36-22-26-9-5-3-6-10-26)33-31(29)37-23-27-11-7-4-8-12-27/h3-14,19-20,25,35H,2,15-18,21-23H2,1H3/b24-19+,28-20+. The summed E-state index contributed by atoms with van der Waals surface area (Å²) >= 11 is 0. The van der Waals surface area contributed by atoms with Gasteiger partial charge in [0, 0.05) is 37.5 Å². The molecule has 1 aliphatic rings. The Balaban J connectivity index is 1.57. The predicted octanol–water partition coefficient (Wildman–Crippen LogP) is 5.89. The summed E-state index contributed by atoms with van der Waals surface area (Å²) in [6, 6.07) is 24.0. The Bertz CT molecular complexity index is 1200. The first kappa shape index (κ1) is 26.2. The number of likely N-dealkylation sites (tertiary alicyclic amines) is 1. The van der Waals surface area contributed by atoms with Crippen LogP contribution in [0.25, 0.3) is 5.57 Å². The Morgan fingerprint density at radius 2 is 1.59 bits per heavy atom. The van der Waals surface area contributed by atoms with Crippen LogP contribution < -0.4 is 9.47 Å². The van der Waals surface area contributed by atoms with E-state index in [4.69, 9.17) is 14.5 Å². The average Bonchev–Trinajstić information content (AvgIpc) is 2.96. The van der Waals surface area contributed by atoms with Crippen LogP contribution in [0.1, 0.15) is 36.5 Å². The highest BCUT2D eigenvalue weighted by Crippen LogP contribution is 2.30. The molecule has 0 amide bonds. The predicted molar refractivity (Wildman–Crippen MR) is 148 cm³/mol. The maximum Gasteiger partial charge on any atom is 0.224 e. The number of allylic oxidation sites excluding steroid dienone is 2. The largest absolute Gasteiger partial charge is 0.473 e. The summed E-state index contributed by atoms with van der Waals surface area (Å²) in [4.78, 5) is 11.1. The summed E-state index contributed by atoms with van der Waals surface area (Å²) in [6.45, 7) is 8.55. The zero-order valence-electron chi connectivity index (χ0n) is 21.4. The van der Waals surface area contributed by atoms with Crippen LogP contribution in [0.15, 0.2) is 95.8 Å². The monoisotopic (exact) mass is 497 g/mol. The number of rotatable bonds is 11. The quantitative estimate of drug-likeness (QED) is 0.264. The van der Waals surface area contributed by atoms with Crippen molar-refractivity contribution < 1.29 is 14.6 Å². The van der Waals surface area contributed by atoms with Gasteiger partial charge in [-0.3, -0.25) is 4.99 Å². The summed E-state index contributed by atoms with van der Waals surface area (Å²) in [5.41, 5.74) is 5.03. The molecule has 37 heavy (non-hydrogen) atoms. The molecule has 1 aromatic heterocycles. The minimum atomic E-state index is 0.244. The van der Waals surface area contributed by atoms with Gasteiger partial charge in [0.05, 0.1) is 5.70 Å². The van der Waals surface area contributed by atoms with Gasteiger partial charge >= 0.3 is 0 Å². The molecule has 1 aliphatic heterocycles. The highest BCUT2D eigenvalue weighted by molar-refractivity contribution is 5.70. The van der Waals surface area contributed by atoms with Crippen molar-refractivity contribution in [3.63, 3.8) is 0 Å². The third-order valence-electron chi connectivity index (χ3n) is 6.53. The molecule has 0 saturated carbocycles. The van der Waals surface area contributed by atoms with Crippen molar-refractivity contribution >= 4 is 12.3 Å². The first-order valence-electron chi connectivity index (χ1n) is 12.7. The molecule has 0 aliphatic carbocycles. The summed E-state index contributed by atoms with van der Waals surface area (Å²) in [5.74, 6) is 1.40. The van der Waals surface area contributed by atoms with Crippen LogP contribution >= 0.6 is 0 Å². The lowest BCUT2D eigenvalue weighted by Gasteiger charge is -2.33. The fraction of sp³-hybridized carbons (Fsp3) is 0.290. The Labute approximate surface area is 219 Å². The lowest BCUT2D eigenvalue weighted by Crippen LogP contribution is -2.33. The van der Waals surface area contributed by atoms with Crippen LogP contribution in [-0.2, 0) is 13.2 Å². The molecule has 3 aromatic rings. The number of aliphatic imine (C=N–C) groups is 1. The lowest BCUT2D eigenvalue weighted by atomic mass is 9.97. The number of aromatic nitrogens is 1. The zero-order chi connectivity index (χ0) is 25.9. The van der Waals surface area contributed by atoms with Crippen molar-refractivity contribution in [2.45, 2.75) is 33.0 Å². The first-order valence-corrected chi connectivity index (χ1v) is 12.7. The van der Waals surface area contributed by atoms with Crippen molar-refractivity contribution in [1.82, 2.24) is 9.88 Å². The molecular weight excluding hydrogens is 462 g/mol. The molecule has 2 heterocycles. The maximum atomic E-state index is 9.50. The number of hydrogen-bond acceptors (Lipinski definition) is 6. The van der Waals surface area contributed by atoms with Gasteiger partial charge < -0.3 is 19.5 Å². The third kappa shape index (κ3) is 7.54. The summed E-state index contributed by atoms with van der Waals surface area (Å²) in [5, 5.41) is 9.50. The molecule has 1 saturated heterocycles. The third-order valence-corrected chi connectivity index (χ3v) is 6.53. The van der Waals surface area contributed by atoms with Gasteiger partial charge in [-0.1, -0.05) is 60.7 Å². The van der Waals surface area contributed by atoms with Gasteiger partial charge in [0.15, 0.2) is 0 Å². The van der Waals surface area contributed by atoms with E-state index in [0.29, 0.717) is 30.9 Å². The SMILES string of the molecule is C=N/C=C(\C=C(/C)c1ccc(OCc2ccccc2)nc1OCc1ccccc1)N1CCC(CO)CC1. The van der Waals surface area contributed by atoms with E-state index in [-0.39, 0.29) is 6.61 Å². The second kappa shape index (κ2) is 13.4. The van der Waals surface area contributed by atoms with E-state index in [1.54, 1.807) is 6.20 Å². The average molecular weight is 498 g/mol. The highest BCUT2D eigenvalue weighted by Gasteiger charge is 2.20. The normalized spacial score (nSPS) is 14.9. The van der Waals surface area contributed by atoms with Gasteiger partial charge in [-0.15, -0.1) is 0 Å². The first-order chi connectivity index (χ1) is 18.2. The molecule has 0 radical (unpaired) electrons. The maximum absolute atomic E-state index is 9.50. The molecule has 1 N–H and O–H groups in total.